The lowest BCUT2D eigenvalue weighted by atomic mass is 10.1. The van der Waals surface area contributed by atoms with Gasteiger partial charge in [0.05, 0.1) is 27.4 Å². The number of benzene rings is 2. The minimum Gasteiger partial charge on any atom is -0.468 e. The number of fused-ring (bicyclic) bond motifs is 1. The molecule has 0 fully saturated rings. The van der Waals surface area contributed by atoms with Crippen LogP contribution in [0.15, 0.2) is 41.4 Å². The highest BCUT2D eigenvalue weighted by atomic mass is 35.5. The van der Waals surface area contributed by atoms with Crippen LogP contribution in [0.4, 0.5) is 0 Å². The largest absolute Gasteiger partial charge is 0.468 e. The van der Waals surface area contributed by atoms with E-state index < -0.39 is 11.9 Å². The van der Waals surface area contributed by atoms with Gasteiger partial charge in [-0.05, 0) is 30.7 Å². The first-order valence-electron chi connectivity index (χ1n) is 7.61. The topological polar surface area (TPSA) is 60.7 Å². The van der Waals surface area contributed by atoms with Gasteiger partial charge >= 0.3 is 5.97 Å². The van der Waals surface area contributed by atoms with Crippen molar-refractivity contribution in [3.8, 4) is 0 Å². The van der Waals surface area contributed by atoms with Crippen molar-refractivity contribution >= 4 is 56.6 Å². The molecule has 8 heteroatoms. The predicted octanol–water partition coefficient (Wildman–Crippen LogP) is 4.23. The number of hydrogen-bond acceptors (Lipinski definition) is 4. The summed E-state index contributed by atoms with van der Waals surface area (Å²) in [6, 6.07) is 10.6. The van der Waals surface area contributed by atoms with Crippen molar-refractivity contribution in [2.24, 2.45) is 4.99 Å². The molecule has 2 aromatic carbocycles. The fraction of sp³-hybridized carbons (Fsp3) is 0.167. The van der Waals surface area contributed by atoms with Gasteiger partial charge in [-0.15, -0.1) is 0 Å². The van der Waals surface area contributed by atoms with Crippen molar-refractivity contribution in [1.29, 1.82) is 0 Å². The van der Waals surface area contributed by atoms with Crippen LogP contribution in [0.25, 0.3) is 10.2 Å². The summed E-state index contributed by atoms with van der Waals surface area (Å²) in [5.41, 5.74) is 1.87. The summed E-state index contributed by atoms with van der Waals surface area (Å²) in [6.45, 7) is 1.71. The summed E-state index contributed by atoms with van der Waals surface area (Å²) >= 11 is 13.7. The molecule has 3 aromatic rings. The van der Waals surface area contributed by atoms with Gasteiger partial charge in [0.25, 0.3) is 5.91 Å². The van der Waals surface area contributed by atoms with Gasteiger partial charge in [0.1, 0.15) is 6.54 Å². The molecule has 1 heterocycles. The van der Waals surface area contributed by atoms with Crippen LogP contribution in [0.5, 0.6) is 0 Å². The minimum absolute atomic E-state index is 0.129. The number of carbonyl (C=O) groups is 2. The number of hydrogen-bond donors (Lipinski definition) is 0. The van der Waals surface area contributed by atoms with Crippen LogP contribution in [0.2, 0.25) is 10.0 Å². The summed E-state index contributed by atoms with van der Waals surface area (Å²) in [7, 11) is 1.29. The molecule has 0 bridgehead atoms. The number of halogens is 2. The lowest BCUT2D eigenvalue weighted by molar-refractivity contribution is -0.141. The summed E-state index contributed by atoms with van der Waals surface area (Å²) in [4.78, 5) is 29.0. The molecule has 0 N–H and O–H groups in total. The van der Waals surface area contributed by atoms with E-state index in [1.807, 2.05) is 19.1 Å². The SMILES string of the molecule is COC(=O)Cn1c(=NC(=O)c2ccccc2C)sc2ccc(Cl)c(Cl)c21. The molecule has 0 aliphatic rings. The third kappa shape index (κ3) is 3.53. The Balaban J connectivity index is 2.23. The molecule has 1 amide bonds. The van der Waals surface area contributed by atoms with E-state index >= 15 is 0 Å². The van der Waals surface area contributed by atoms with Gasteiger partial charge in [0, 0.05) is 5.56 Å². The normalized spacial score (nSPS) is 11.8. The number of ether oxygens (including phenoxy) is 1. The zero-order valence-corrected chi connectivity index (χ0v) is 16.3. The van der Waals surface area contributed by atoms with Crippen LogP contribution in [0, 0.1) is 6.92 Å². The highest BCUT2D eigenvalue weighted by Crippen LogP contribution is 2.32. The molecule has 134 valence electrons. The molecule has 26 heavy (non-hydrogen) atoms. The first-order valence-corrected chi connectivity index (χ1v) is 9.18. The maximum atomic E-state index is 12.6. The molecule has 0 radical (unpaired) electrons. The fourth-order valence-electron chi connectivity index (χ4n) is 2.49. The second-order valence-corrected chi connectivity index (χ2v) is 7.28. The summed E-state index contributed by atoms with van der Waals surface area (Å²) < 4.78 is 7.06. The lowest BCUT2D eigenvalue weighted by Gasteiger charge is -2.06. The number of carbonyl (C=O) groups excluding carboxylic acids is 2. The van der Waals surface area contributed by atoms with E-state index in [-0.39, 0.29) is 6.54 Å². The third-order valence-corrected chi connectivity index (χ3v) is 5.66. The minimum atomic E-state index is -0.481. The van der Waals surface area contributed by atoms with Crippen LogP contribution < -0.4 is 4.80 Å². The van der Waals surface area contributed by atoms with Crippen LogP contribution >= 0.6 is 34.5 Å². The number of aromatic nitrogens is 1. The van der Waals surface area contributed by atoms with E-state index in [1.54, 1.807) is 28.8 Å². The molecule has 1 aromatic heterocycles. The van der Waals surface area contributed by atoms with E-state index in [1.165, 1.54) is 18.4 Å². The Morgan fingerprint density at radius 1 is 1.19 bits per heavy atom. The first-order chi connectivity index (χ1) is 12.4. The number of rotatable bonds is 3. The van der Waals surface area contributed by atoms with Gasteiger partial charge in [-0.2, -0.15) is 4.99 Å². The predicted molar refractivity (Wildman–Crippen MR) is 103 cm³/mol. The Hall–Kier alpha value is -2.15. The van der Waals surface area contributed by atoms with Gasteiger partial charge in [-0.1, -0.05) is 52.7 Å². The van der Waals surface area contributed by atoms with Crippen molar-refractivity contribution in [3.63, 3.8) is 0 Å². The Kier molecular flexibility index (Phi) is 5.46. The summed E-state index contributed by atoms with van der Waals surface area (Å²) in [5, 5.41) is 0.654. The highest BCUT2D eigenvalue weighted by Gasteiger charge is 2.16. The molecule has 0 atom stereocenters. The van der Waals surface area contributed by atoms with Crippen molar-refractivity contribution in [1.82, 2.24) is 4.57 Å². The molecule has 3 rings (SSSR count). The van der Waals surface area contributed by atoms with Crippen LogP contribution in [-0.2, 0) is 16.1 Å². The zero-order valence-electron chi connectivity index (χ0n) is 14.0. The molecular weight excluding hydrogens is 395 g/mol. The number of esters is 1. The Labute approximate surface area is 163 Å². The number of thiazole rings is 1. The van der Waals surface area contributed by atoms with Gasteiger partial charge in [-0.25, -0.2) is 0 Å². The van der Waals surface area contributed by atoms with Crippen molar-refractivity contribution in [2.45, 2.75) is 13.5 Å². The number of methoxy groups -OCH3 is 1. The molecule has 0 saturated carbocycles. The first kappa shape index (κ1) is 18.6. The standard InChI is InChI=1S/C18H14Cl2N2O3S/c1-10-5-3-4-6-11(10)17(24)21-18-22(9-14(23)25-2)16-13(26-18)8-7-12(19)15(16)20/h3-8H,9H2,1-2H3. The molecule has 5 nitrogen and oxygen atoms in total. The van der Waals surface area contributed by atoms with Gasteiger partial charge < -0.3 is 9.30 Å². The third-order valence-electron chi connectivity index (χ3n) is 3.82. The number of aryl methyl sites for hydroxylation is 1. The molecule has 0 saturated heterocycles. The Morgan fingerprint density at radius 3 is 2.62 bits per heavy atom. The van der Waals surface area contributed by atoms with E-state index in [0.717, 1.165) is 10.3 Å². The second kappa shape index (κ2) is 7.61. The molecule has 0 aliphatic heterocycles. The number of nitrogens with zero attached hydrogens (tertiary/aromatic N) is 2. The average molecular weight is 409 g/mol. The van der Waals surface area contributed by atoms with E-state index in [4.69, 9.17) is 27.9 Å². The maximum Gasteiger partial charge on any atom is 0.325 e. The highest BCUT2D eigenvalue weighted by molar-refractivity contribution is 7.16. The van der Waals surface area contributed by atoms with Crippen molar-refractivity contribution in [2.75, 3.05) is 7.11 Å². The Morgan fingerprint density at radius 2 is 1.92 bits per heavy atom. The van der Waals surface area contributed by atoms with E-state index in [2.05, 4.69) is 4.99 Å². The smallest absolute Gasteiger partial charge is 0.325 e. The Bertz CT molecular complexity index is 1090. The monoisotopic (exact) mass is 408 g/mol. The second-order valence-electron chi connectivity index (χ2n) is 5.49. The van der Waals surface area contributed by atoms with Gasteiger partial charge in [-0.3, -0.25) is 9.59 Å². The van der Waals surface area contributed by atoms with Crippen molar-refractivity contribution < 1.29 is 14.3 Å². The summed E-state index contributed by atoms with van der Waals surface area (Å²) in [5.74, 6) is -0.874. The fourth-order valence-corrected chi connectivity index (χ4v) is 4.00. The number of amides is 1. The maximum absolute atomic E-state index is 12.6. The van der Waals surface area contributed by atoms with Crippen molar-refractivity contribution in [3.05, 3.63) is 62.4 Å². The molecular formula is C18H14Cl2N2O3S. The van der Waals surface area contributed by atoms with E-state index in [9.17, 15) is 9.59 Å². The lowest BCUT2D eigenvalue weighted by Crippen LogP contribution is -2.22. The average Bonchev–Trinajstić information content (AvgIpc) is 2.96. The zero-order chi connectivity index (χ0) is 18.8. The van der Waals surface area contributed by atoms with E-state index in [0.29, 0.717) is 25.9 Å². The van der Waals surface area contributed by atoms with Crippen LogP contribution in [-0.4, -0.2) is 23.6 Å². The molecule has 0 spiro atoms. The van der Waals surface area contributed by atoms with Crippen LogP contribution in [0.3, 0.4) is 0 Å². The molecule has 0 aliphatic carbocycles. The molecule has 0 unspecified atom stereocenters. The summed E-state index contributed by atoms with van der Waals surface area (Å²) in [6.07, 6.45) is 0. The quantitative estimate of drug-likeness (QED) is 0.609. The van der Waals surface area contributed by atoms with Gasteiger partial charge in [0.15, 0.2) is 4.80 Å². The van der Waals surface area contributed by atoms with Gasteiger partial charge in [0.2, 0.25) is 0 Å². The van der Waals surface area contributed by atoms with Crippen LogP contribution in [0.1, 0.15) is 15.9 Å².